The average Bonchev–Trinajstić information content (AvgIpc) is 2.62. The molecule has 1 aliphatic heterocycles. The molecule has 0 spiro atoms. The minimum absolute atomic E-state index is 0.0340. The first kappa shape index (κ1) is 14.3. The second-order valence-electron chi connectivity index (χ2n) is 5.32. The molecule has 0 bridgehead atoms. The number of fused-ring (bicyclic) bond motifs is 2. The molecule has 0 saturated heterocycles. The lowest BCUT2D eigenvalue weighted by molar-refractivity contribution is 0.334. The van der Waals surface area contributed by atoms with E-state index in [0.29, 0.717) is 0 Å². The van der Waals surface area contributed by atoms with E-state index in [-0.39, 0.29) is 12.0 Å². The number of nitrogens with zero attached hydrogens (tertiary/aromatic N) is 2. The number of benzene rings is 1. The van der Waals surface area contributed by atoms with Crippen LogP contribution in [-0.2, 0) is 3.79 Å². The first-order chi connectivity index (χ1) is 11.4. The van der Waals surface area contributed by atoms with Crippen LogP contribution in [-0.4, -0.2) is 33.1 Å². The van der Waals surface area contributed by atoms with E-state index >= 15 is 0 Å². The van der Waals surface area contributed by atoms with Crippen LogP contribution >= 0.6 is 0 Å². The van der Waals surface area contributed by atoms with E-state index in [9.17, 15) is 0 Å². The molecular formula is C18H14AlN2O2. The zero-order valence-corrected chi connectivity index (χ0v) is 13.5. The molecule has 2 unspecified atom stereocenters. The zero-order chi connectivity index (χ0) is 15.5. The maximum Gasteiger partial charge on any atom is 0.881 e. The van der Waals surface area contributed by atoms with Gasteiger partial charge in [0.05, 0.1) is 5.76 Å². The highest BCUT2D eigenvalue weighted by Gasteiger charge is 2.26. The molecular weight excluding hydrogens is 303 g/mol. The van der Waals surface area contributed by atoms with Crippen molar-refractivity contribution in [2.24, 2.45) is 10.9 Å². The van der Waals surface area contributed by atoms with Gasteiger partial charge in [-0.2, -0.15) is 0 Å². The Kier molecular flexibility index (Phi) is 3.98. The normalized spacial score (nSPS) is 21.7. The molecule has 0 N–H and O–H groups in total. The highest BCUT2D eigenvalue weighted by molar-refractivity contribution is 6.20. The van der Waals surface area contributed by atoms with E-state index in [4.69, 9.17) is 7.58 Å². The summed E-state index contributed by atoms with van der Waals surface area (Å²) in [5.41, 5.74) is 0.861. The van der Waals surface area contributed by atoms with Gasteiger partial charge in [0.15, 0.2) is 0 Å². The van der Waals surface area contributed by atoms with Gasteiger partial charge >= 0.3 is 15.9 Å². The van der Waals surface area contributed by atoms with Crippen LogP contribution in [0.25, 0.3) is 10.9 Å². The van der Waals surface area contributed by atoms with Crippen LogP contribution < -0.4 is 3.79 Å². The smallest absolute Gasteiger partial charge is 0.617 e. The van der Waals surface area contributed by atoms with Crippen molar-refractivity contribution in [1.82, 2.24) is 4.98 Å². The first-order valence-electron chi connectivity index (χ1n) is 7.49. The molecule has 1 aromatic carbocycles. The van der Waals surface area contributed by atoms with E-state index in [2.05, 4.69) is 22.1 Å². The van der Waals surface area contributed by atoms with Crippen LogP contribution in [0, 0.1) is 5.92 Å². The molecule has 2 atom stereocenters. The van der Waals surface area contributed by atoms with Crippen LogP contribution in [0.5, 0.6) is 5.75 Å². The summed E-state index contributed by atoms with van der Waals surface area (Å²) >= 11 is -0.670. The van der Waals surface area contributed by atoms with E-state index < -0.39 is 15.9 Å². The maximum atomic E-state index is 5.90. The molecule has 2 aromatic rings. The van der Waals surface area contributed by atoms with Crippen molar-refractivity contribution in [3.05, 3.63) is 72.7 Å². The lowest BCUT2D eigenvalue weighted by Crippen LogP contribution is -2.25. The van der Waals surface area contributed by atoms with Gasteiger partial charge in [-0.1, -0.05) is 36.4 Å². The fraction of sp³-hybridized carbons (Fsp3) is 0.111. The Hall–Kier alpha value is -2.35. The van der Waals surface area contributed by atoms with Crippen molar-refractivity contribution in [3.8, 4) is 5.75 Å². The highest BCUT2D eigenvalue weighted by atomic mass is 27.2. The van der Waals surface area contributed by atoms with Crippen molar-refractivity contribution >= 4 is 33.0 Å². The fourth-order valence-corrected chi connectivity index (χ4v) is 3.42. The standard InChI is InChI=1S/C9H9NO.C9H7NO.Al/c2*11-8-5-1-3-7-4-2-6-10-9(7)8;/h1-7,9,11H;1-6,11H;/q;;+2/p-2. The summed E-state index contributed by atoms with van der Waals surface area (Å²) in [6.07, 6.45) is 13.8. The summed E-state index contributed by atoms with van der Waals surface area (Å²) in [5, 5.41) is 1.06. The van der Waals surface area contributed by atoms with Crippen molar-refractivity contribution in [2.45, 2.75) is 6.04 Å². The Morgan fingerprint density at radius 1 is 1.00 bits per heavy atom. The number of aliphatic imine (C=N–C) groups is 1. The molecule has 4 nitrogen and oxygen atoms in total. The van der Waals surface area contributed by atoms with Gasteiger partial charge in [0.25, 0.3) is 0 Å². The molecule has 0 fully saturated rings. The lowest BCUT2D eigenvalue weighted by atomic mass is 9.92. The third-order valence-electron chi connectivity index (χ3n) is 3.87. The number of aromatic nitrogens is 1. The van der Waals surface area contributed by atoms with Gasteiger partial charge < -0.3 is 7.58 Å². The number of para-hydroxylation sites is 1. The number of pyridine rings is 1. The monoisotopic (exact) mass is 317 g/mol. The van der Waals surface area contributed by atoms with E-state index in [1.165, 1.54) is 0 Å². The van der Waals surface area contributed by atoms with Crippen molar-refractivity contribution in [1.29, 1.82) is 0 Å². The zero-order valence-electron chi connectivity index (χ0n) is 12.4. The Morgan fingerprint density at radius 3 is 2.91 bits per heavy atom. The molecule has 0 saturated carbocycles. The molecule has 23 heavy (non-hydrogen) atoms. The molecule has 0 amide bonds. The fourth-order valence-electron chi connectivity index (χ4n) is 2.75. The predicted molar refractivity (Wildman–Crippen MR) is 91.3 cm³/mol. The minimum atomic E-state index is -0.670. The lowest BCUT2D eigenvalue weighted by Gasteiger charge is -2.26. The van der Waals surface area contributed by atoms with Crippen molar-refractivity contribution in [2.75, 3.05) is 0 Å². The second-order valence-corrected chi connectivity index (χ2v) is 5.99. The topological polar surface area (TPSA) is 43.7 Å². The molecule has 5 heteroatoms. The summed E-state index contributed by atoms with van der Waals surface area (Å²) in [6.45, 7) is 0. The Bertz CT molecular complexity index is 837. The minimum Gasteiger partial charge on any atom is -0.617 e. The van der Waals surface area contributed by atoms with Gasteiger partial charge in [-0.05, 0) is 24.3 Å². The second kappa shape index (κ2) is 6.41. The quantitative estimate of drug-likeness (QED) is 0.813. The predicted octanol–water partition coefficient (Wildman–Crippen LogP) is 3.24. The molecule has 1 aliphatic carbocycles. The van der Waals surface area contributed by atoms with Crippen LogP contribution in [0.4, 0.5) is 0 Å². The number of rotatable bonds is 4. The largest absolute Gasteiger partial charge is 0.881 e. The molecule has 4 rings (SSSR count). The summed E-state index contributed by atoms with van der Waals surface area (Å²) in [7, 11) is 0. The van der Waals surface area contributed by atoms with Crippen LogP contribution in [0.1, 0.15) is 0 Å². The van der Waals surface area contributed by atoms with E-state index in [1.807, 2.05) is 54.8 Å². The average molecular weight is 317 g/mol. The summed E-state index contributed by atoms with van der Waals surface area (Å²) < 4.78 is 11.8. The first-order valence-corrected chi connectivity index (χ1v) is 8.43. The number of hydrogen-bond acceptors (Lipinski definition) is 4. The van der Waals surface area contributed by atoms with Crippen molar-refractivity contribution in [3.63, 3.8) is 0 Å². The maximum absolute atomic E-state index is 5.90. The van der Waals surface area contributed by atoms with Gasteiger partial charge in [-0.15, -0.1) is 0 Å². The van der Waals surface area contributed by atoms with Crippen LogP contribution in [0.2, 0.25) is 0 Å². The van der Waals surface area contributed by atoms with Gasteiger partial charge in [0.2, 0.25) is 0 Å². The van der Waals surface area contributed by atoms with Crippen LogP contribution in [0.3, 0.4) is 0 Å². The summed E-state index contributed by atoms with van der Waals surface area (Å²) in [6, 6.07) is 9.88. The third-order valence-corrected chi connectivity index (χ3v) is 4.59. The molecule has 111 valence electrons. The molecule has 2 aliphatic rings. The Morgan fingerprint density at radius 2 is 1.91 bits per heavy atom. The van der Waals surface area contributed by atoms with E-state index in [0.717, 1.165) is 22.4 Å². The SMILES string of the molecule is C1=CC2C=CC=C([O][Al][O]c3cccc4cccnc34)C2N=C1. The molecule has 1 aromatic heterocycles. The van der Waals surface area contributed by atoms with Gasteiger partial charge in [0.1, 0.15) is 17.3 Å². The molecule has 2 heterocycles. The third kappa shape index (κ3) is 2.94. The molecule has 1 radical (unpaired) electrons. The van der Waals surface area contributed by atoms with Crippen LogP contribution in [0.15, 0.2) is 77.7 Å². The van der Waals surface area contributed by atoms with Gasteiger partial charge in [0, 0.05) is 23.7 Å². The Labute approximate surface area is 141 Å². The Balaban J connectivity index is 1.45. The van der Waals surface area contributed by atoms with E-state index in [1.54, 1.807) is 6.20 Å². The number of hydrogen-bond donors (Lipinski definition) is 0. The summed E-state index contributed by atoms with van der Waals surface area (Å²) in [4.78, 5) is 8.88. The van der Waals surface area contributed by atoms with Gasteiger partial charge in [-0.25, -0.2) is 0 Å². The number of allylic oxidation sites excluding steroid dienone is 3. The van der Waals surface area contributed by atoms with Crippen molar-refractivity contribution < 1.29 is 7.58 Å². The highest BCUT2D eigenvalue weighted by Crippen LogP contribution is 2.27. The van der Waals surface area contributed by atoms with Gasteiger partial charge in [-0.3, -0.25) is 9.98 Å². The summed E-state index contributed by atoms with van der Waals surface area (Å²) in [5.74, 6) is 1.90. The number of dihydropyridines is 1.